The van der Waals surface area contributed by atoms with Crippen LogP contribution in [0.25, 0.3) is 11.4 Å². The van der Waals surface area contributed by atoms with Gasteiger partial charge in [-0.2, -0.15) is 0 Å². The molecule has 0 unspecified atom stereocenters. The molecular formula is C16H18N2O2. The number of carboxylic acids is 1. The monoisotopic (exact) mass is 270 g/mol. The van der Waals surface area contributed by atoms with Gasteiger partial charge >= 0.3 is 5.97 Å². The van der Waals surface area contributed by atoms with Crippen molar-refractivity contribution in [1.29, 1.82) is 0 Å². The minimum Gasteiger partial charge on any atom is -0.481 e. The zero-order valence-corrected chi connectivity index (χ0v) is 11.3. The number of nitrogens with one attached hydrogen (secondary N) is 1. The quantitative estimate of drug-likeness (QED) is 0.898. The molecular weight excluding hydrogens is 252 g/mol. The zero-order chi connectivity index (χ0) is 14.0. The second kappa shape index (κ2) is 5.12. The molecule has 0 amide bonds. The molecule has 0 atom stereocenters. The molecule has 1 aliphatic carbocycles. The highest BCUT2D eigenvalue weighted by molar-refractivity contribution is 5.84. The van der Waals surface area contributed by atoms with E-state index in [9.17, 15) is 9.90 Å². The van der Waals surface area contributed by atoms with Crippen LogP contribution in [0.5, 0.6) is 0 Å². The van der Waals surface area contributed by atoms with Gasteiger partial charge in [-0.05, 0) is 18.4 Å². The molecule has 2 aromatic rings. The molecule has 0 radical (unpaired) electrons. The van der Waals surface area contributed by atoms with Gasteiger partial charge < -0.3 is 10.1 Å². The van der Waals surface area contributed by atoms with Crippen LogP contribution in [0.2, 0.25) is 0 Å². The number of benzene rings is 1. The lowest BCUT2D eigenvalue weighted by molar-refractivity contribution is -0.145. The Bertz CT molecular complexity index is 599. The lowest BCUT2D eigenvalue weighted by Crippen LogP contribution is -2.38. The SMILES string of the molecule is O=C(O)C1(c2ccccc2-c2ncc[nH]2)CCCCC1. The van der Waals surface area contributed by atoms with Gasteiger partial charge in [0.15, 0.2) is 0 Å². The van der Waals surface area contributed by atoms with E-state index in [0.29, 0.717) is 12.8 Å². The summed E-state index contributed by atoms with van der Waals surface area (Å²) < 4.78 is 0. The molecule has 0 spiro atoms. The Labute approximate surface area is 117 Å². The van der Waals surface area contributed by atoms with Crippen molar-refractivity contribution in [2.45, 2.75) is 37.5 Å². The van der Waals surface area contributed by atoms with Crippen molar-refractivity contribution in [1.82, 2.24) is 9.97 Å². The van der Waals surface area contributed by atoms with Crippen LogP contribution >= 0.6 is 0 Å². The van der Waals surface area contributed by atoms with Gasteiger partial charge in [0.25, 0.3) is 0 Å². The maximum atomic E-state index is 12.0. The first kappa shape index (κ1) is 12.9. The van der Waals surface area contributed by atoms with Crippen LogP contribution in [-0.2, 0) is 10.2 Å². The van der Waals surface area contributed by atoms with Gasteiger partial charge in [-0.15, -0.1) is 0 Å². The molecule has 0 aliphatic heterocycles. The summed E-state index contributed by atoms with van der Waals surface area (Å²) in [5, 5.41) is 9.83. The van der Waals surface area contributed by atoms with Crippen molar-refractivity contribution in [2.75, 3.05) is 0 Å². The molecule has 1 fully saturated rings. The Balaban J connectivity index is 2.15. The normalized spacial score (nSPS) is 17.8. The molecule has 4 nitrogen and oxygen atoms in total. The van der Waals surface area contributed by atoms with E-state index in [2.05, 4.69) is 9.97 Å². The highest BCUT2D eigenvalue weighted by Crippen LogP contribution is 2.43. The summed E-state index contributed by atoms with van der Waals surface area (Å²) >= 11 is 0. The second-order valence-corrected chi connectivity index (χ2v) is 5.43. The number of hydrogen-bond donors (Lipinski definition) is 2. The number of hydrogen-bond acceptors (Lipinski definition) is 2. The molecule has 2 N–H and O–H groups in total. The van der Waals surface area contributed by atoms with Crippen LogP contribution in [0.4, 0.5) is 0 Å². The Morgan fingerprint density at radius 3 is 2.60 bits per heavy atom. The number of aliphatic carboxylic acids is 1. The summed E-state index contributed by atoms with van der Waals surface area (Å²) in [7, 11) is 0. The molecule has 3 rings (SSSR count). The highest BCUT2D eigenvalue weighted by Gasteiger charge is 2.42. The van der Waals surface area contributed by atoms with Gasteiger partial charge in [0.1, 0.15) is 5.82 Å². The number of carboxylic acid groups (broad SMARTS) is 1. The molecule has 1 heterocycles. The Kier molecular flexibility index (Phi) is 3.30. The average molecular weight is 270 g/mol. The van der Waals surface area contributed by atoms with Crippen LogP contribution in [-0.4, -0.2) is 21.0 Å². The number of nitrogens with zero attached hydrogens (tertiary/aromatic N) is 1. The minimum absolute atomic E-state index is 0.708. The number of H-pyrrole nitrogens is 1. The zero-order valence-electron chi connectivity index (χ0n) is 11.3. The van der Waals surface area contributed by atoms with Crippen molar-refractivity contribution in [3.8, 4) is 11.4 Å². The van der Waals surface area contributed by atoms with Crippen LogP contribution < -0.4 is 0 Å². The van der Waals surface area contributed by atoms with E-state index < -0.39 is 11.4 Å². The number of carbonyl (C=O) groups is 1. The summed E-state index contributed by atoms with van der Waals surface area (Å²) in [6, 6.07) is 7.74. The fourth-order valence-electron chi connectivity index (χ4n) is 3.27. The molecule has 1 aliphatic rings. The molecule has 0 bridgehead atoms. The summed E-state index contributed by atoms with van der Waals surface area (Å²) in [5.74, 6) is 0.0306. The van der Waals surface area contributed by atoms with E-state index in [1.165, 1.54) is 0 Å². The molecule has 1 aromatic carbocycles. The summed E-state index contributed by atoms with van der Waals surface area (Å²) in [5.41, 5.74) is 1.03. The molecule has 20 heavy (non-hydrogen) atoms. The fraction of sp³-hybridized carbons (Fsp3) is 0.375. The third-order valence-corrected chi connectivity index (χ3v) is 4.31. The number of aromatic nitrogens is 2. The number of rotatable bonds is 3. The smallest absolute Gasteiger partial charge is 0.314 e. The largest absolute Gasteiger partial charge is 0.481 e. The fourth-order valence-corrected chi connectivity index (χ4v) is 3.27. The summed E-state index contributed by atoms with van der Waals surface area (Å²) in [6.45, 7) is 0. The van der Waals surface area contributed by atoms with Crippen LogP contribution in [0.3, 0.4) is 0 Å². The summed E-state index contributed by atoms with van der Waals surface area (Å²) in [4.78, 5) is 19.3. The van der Waals surface area contributed by atoms with Gasteiger partial charge in [-0.1, -0.05) is 43.5 Å². The Hall–Kier alpha value is -2.10. The van der Waals surface area contributed by atoms with Gasteiger partial charge in [0, 0.05) is 18.0 Å². The standard InChI is InChI=1S/C16H18N2O2/c19-15(20)16(8-4-1-5-9-16)13-7-3-2-6-12(13)14-17-10-11-18-14/h2-3,6-7,10-11H,1,4-5,8-9H2,(H,17,18)(H,19,20). The van der Waals surface area contributed by atoms with Crippen LogP contribution in [0.15, 0.2) is 36.7 Å². The van der Waals surface area contributed by atoms with E-state index in [0.717, 1.165) is 36.2 Å². The second-order valence-electron chi connectivity index (χ2n) is 5.43. The molecule has 104 valence electrons. The first-order valence-corrected chi connectivity index (χ1v) is 7.07. The predicted molar refractivity (Wildman–Crippen MR) is 76.4 cm³/mol. The van der Waals surface area contributed by atoms with E-state index in [4.69, 9.17) is 0 Å². The minimum atomic E-state index is -0.762. The lowest BCUT2D eigenvalue weighted by Gasteiger charge is -2.34. The topological polar surface area (TPSA) is 66.0 Å². The van der Waals surface area contributed by atoms with Gasteiger partial charge in [0.05, 0.1) is 5.41 Å². The van der Waals surface area contributed by atoms with Crippen LogP contribution in [0.1, 0.15) is 37.7 Å². The molecule has 4 heteroatoms. The van der Waals surface area contributed by atoms with Gasteiger partial charge in [-0.3, -0.25) is 4.79 Å². The van der Waals surface area contributed by atoms with Gasteiger partial charge in [-0.25, -0.2) is 4.98 Å². The van der Waals surface area contributed by atoms with E-state index in [1.807, 2.05) is 24.3 Å². The van der Waals surface area contributed by atoms with E-state index >= 15 is 0 Å². The first-order valence-electron chi connectivity index (χ1n) is 7.07. The van der Waals surface area contributed by atoms with Crippen molar-refractivity contribution in [2.24, 2.45) is 0 Å². The molecule has 1 aromatic heterocycles. The average Bonchev–Trinajstić information content (AvgIpc) is 3.02. The number of aromatic amines is 1. The first-order chi connectivity index (χ1) is 9.74. The summed E-state index contributed by atoms with van der Waals surface area (Å²) in [6.07, 6.45) is 7.94. The van der Waals surface area contributed by atoms with Gasteiger partial charge in [0.2, 0.25) is 0 Å². The predicted octanol–water partition coefficient (Wildman–Crippen LogP) is 3.36. The van der Waals surface area contributed by atoms with E-state index in [-0.39, 0.29) is 0 Å². The Morgan fingerprint density at radius 2 is 1.95 bits per heavy atom. The number of imidazole rings is 1. The maximum absolute atomic E-state index is 12.0. The molecule has 0 saturated heterocycles. The third kappa shape index (κ3) is 2.01. The molecule has 1 saturated carbocycles. The van der Waals surface area contributed by atoms with Crippen molar-refractivity contribution >= 4 is 5.97 Å². The van der Waals surface area contributed by atoms with Crippen molar-refractivity contribution in [3.63, 3.8) is 0 Å². The lowest BCUT2D eigenvalue weighted by atomic mass is 9.68. The van der Waals surface area contributed by atoms with E-state index in [1.54, 1.807) is 12.4 Å². The highest BCUT2D eigenvalue weighted by atomic mass is 16.4. The Morgan fingerprint density at radius 1 is 1.20 bits per heavy atom. The van der Waals surface area contributed by atoms with Crippen molar-refractivity contribution in [3.05, 3.63) is 42.2 Å². The maximum Gasteiger partial charge on any atom is 0.314 e. The third-order valence-electron chi connectivity index (χ3n) is 4.31. The van der Waals surface area contributed by atoms with Crippen LogP contribution in [0, 0.1) is 0 Å². The van der Waals surface area contributed by atoms with Crippen molar-refractivity contribution < 1.29 is 9.90 Å².